The van der Waals surface area contributed by atoms with Gasteiger partial charge in [-0.1, -0.05) is 18.2 Å². The van der Waals surface area contributed by atoms with Crippen LogP contribution in [-0.2, 0) is 16.6 Å². The maximum atomic E-state index is 12.7. The molecule has 0 atom stereocenters. The summed E-state index contributed by atoms with van der Waals surface area (Å²) in [7, 11) is -3.90. The zero-order valence-corrected chi connectivity index (χ0v) is 12.7. The van der Waals surface area contributed by atoms with E-state index in [1.807, 2.05) is 12.1 Å². The third kappa shape index (κ3) is 2.07. The lowest BCUT2D eigenvalue weighted by molar-refractivity contribution is 0.233. The Bertz CT molecular complexity index is 1030. The van der Waals surface area contributed by atoms with Gasteiger partial charge in [0.05, 0.1) is 23.4 Å². The number of aromatic nitrogens is 2. The van der Waals surface area contributed by atoms with Crippen molar-refractivity contribution in [3.05, 3.63) is 60.4 Å². The molecule has 8 heteroatoms. The van der Waals surface area contributed by atoms with Crippen molar-refractivity contribution >= 4 is 27.3 Å². The number of nitrogens with zero attached hydrogens (tertiary/aromatic N) is 3. The number of carbonyl (C=O) groups is 1. The van der Waals surface area contributed by atoms with Gasteiger partial charge in [0.15, 0.2) is 0 Å². The lowest BCUT2D eigenvalue weighted by Gasteiger charge is -2.28. The number of amides is 2. The Morgan fingerprint density at radius 2 is 1.87 bits per heavy atom. The van der Waals surface area contributed by atoms with E-state index in [9.17, 15) is 13.2 Å². The fraction of sp³-hybridized carbons (Fsp3) is 0.0667. The number of hydrogen-bond donors (Lipinski definition) is 1. The number of para-hydroxylation sites is 1. The van der Waals surface area contributed by atoms with Crippen molar-refractivity contribution < 1.29 is 13.2 Å². The monoisotopic (exact) mass is 328 g/mol. The van der Waals surface area contributed by atoms with Crippen LogP contribution in [0.4, 0.5) is 10.5 Å². The molecule has 4 rings (SSSR count). The van der Waals surface area contributed by atoms with E-state index in [4.69, 9.17) is 0 Å². The summed E-state index contributed by atoms with van der Waals surface area (Å²) < 4.78 is 27.9. The molecular formula is C15H12N4O3S. The summed E-state index contributed by atoms with van der Waals surface area (Å²) in [4.78, 5) is 12.3. The molecule has 0 unspecified atom stereocenters. The topological polar surface area (TPSA) is 83.8 Å². The Balaban J connectivity index is 1.80. The Morgan fingerprint density at radius 1 is 1.04 bits per heavy atom. The number of rotatable bonds is 2. The molecule has 1 N–H and O–H groups in total. The van der Waals surface area contributed by atoms with Gasteiger partial charge in [-0.25, -0.2) is 22.0 Å². The van der Waals surface area contributed by atoms with Crippen molar-refractivity contribution in [1.29, 1.82) is 0 Å². The number of anilines is 1. The highest BCUT2D eigenvalue weighted by molar-refractivity contribution is 7.90. The highest BCUT2D eigenvalue weighted by Gasteiger charge is 2.36. The number of hydrogen-bond acceptors (Lipinski definition) is 4. The highest BCUT2D eigenvalue weighted by atomic mass is 32.2. The van der Waals surface area contributed by atoms with Gasteiger partial charge in [0, 0.05) is 6.20 Å². The standard InChI is InChI=1S/C15H12N4O3S/c20-15-17-13-6-1-2-7-14(13)23(21,22)18(15)10-12-5-3-4-11-8-9-16-19(11)12/h1-9H,10H2,(H,17,20). The van der Waals surface area contributed by atoms with Crippen LogP contribution in [0.25, 0.3) is 5.52 Å². The lowest BCUT2D eigenvalue weighted by atomic mass is 10.3. The normalized spacial score (nSPS) is 16.2. The molecule has 2 amide bonds. The van der Waals surface area contributed by atoms with Gasteiger partial charge >= 0.3 is 6.03 Å². The second-order valence-corrected chi connectivity index (χ2v) is 6.95. The number of pyridine rings is 1. The van der Waals surface area contributed by atoms with Crippen molar-refractivity contribution in [1.82, 2.24) is 13.9 Å². The first-order chi connectivity index (χ1) is 11.1. The van der Waals surface area contributed by atoms with E-state index in [0.29, 0.717) is 11.4 Å². The van der Waals surface area contributed by atoms with Crippen LogP contribution in [0.15, 0.2) is 59.6 Å². The van der Waals surface area contributed by atoms with Crippen LogP contribution in [0.2, 0.25) is 0 Å². The van der Waals surface area contributed by atoms with Gasteiger partial charge in [-0.2, -0.15) is 5.10 Å². The summed E-state index contributed by atoms with van der Waals surface area (Å²) in [5.41, 5.74) is 1.73. The fourth-order valence-corrected chi connectivity index (χ4v) is 4.08. The molecule has 3 heterocycles. The summed E-state index contributed by atoms with van der Waals surface area (Å²) in [5.74, 6) is 0. The number of fused-ring (bicyclic) bond motifs is 2. The first-order valence-electron chi connectivity index (χ1n) is 6.92. The predicted molar refractivity (Wildman–Crippen MR) is 83.4 cm³/mol. The molecule has 1 aliphatic heterocycles. The third-order valence-electron chi connectivity index (χ3n) is 3.73. The summed E-state index contributed by atoms with van der Waals surface area (Å²) in [6.45, 7) is -0.0957. The van der Waals surface area contributed by atoms with E-state index in [1.54, 1.807) is 41.0 Å². The molecule has 0 radical (unpaired) electrons. The van der Waals surface area contributed by atoms with Crippen molar-refractivity contribution in [2.75, 3.05) is 5.32 Å². The second-order valence-electron chi connectivity index (χ2n) is 5.12. The zero-order valence-electron chi connectivity index (χ0n) is 11.9. The van der Waals surface area contributed by atoms with Gasteiger partial charge in [-0.3, -0.25) is 0 Å². The molecular weight excluding hydrogens is 316 g/mol. The maximum Gasteiger partial charge on any atom is 0.336 e. The Hall–Kier alpha value is -2.87. The number of urea groups is 1. The van der Waals surface area contributed by atoms with Crippen molar-refractivity contribution in [3.63, 3.8) is 0 Å². The third-order valence-corrected chi connectivity index (χ3v) is 5.52. The van der Waals surface area contributed by atoms with Gasteiger partial charge in [0.25, 0.3) is 10.0 Å². The van der Waals surface area contributed by atoms with Gasteiger partial charge in [-0.15, -0.1) is 0 Å². The molecule has 1 aliphatic rings. The summed E-state index contributed by atoms with van der Waals surface area (Å²) in [5, 5.41) is 6.77. The summed E-state index contributed by atoms with van der Waals surface area (Å²) in [6, 6.07) is 12.9. The van der Waals surface area contributed by atoms with Crippen LogP contribution in [0.1, 0.15) is 5.69 Å². The van der Waals surface area contributed by atoms with E-state index in [2.05, 4.69) is 10.4 Å². The molecule has 0 saturated carbocycles. The molecule has 1 aromatic carbocycles. The maximum absolute atomic E-state index is 12.7. The molecule has 7 nitrogen and oxygen atoms in total. The summed E-state index contributed by atoms with van der Waals surface area (Å²) >= 11 is 0. The minimum absolute atomic E-state index is 0.0900. The summed E-state index contributed by atoms with van der Waals surface area (Å²) in [6.07, 6.45) is 1.62. The number of nitrogens with one attached hydrogen (secondary N) is 1. The number of sulfonamides is 1. The molecule has 0 saturated heterocycles. The highest BCUT2D eigenvalue weighted by Crippen LogP contribution is 2.30. The molecule has 0 fully saturated rings. The first-order valence-corrected chi connectivity index (χ1v) is 8.36. The van der Waals surface area contributed by atoms with Crippen LogP contribution in [0.3, 0.4) is 0 Å². The van der Waals surface area contributed by atoms with Crippen LogP contribution in [0, 0.1) is 0 Å². The van der Waals surface area contributed by atoms with E-state index in [1.165, 1.54) is 6.07 Å². The second kappa shape index (κ2) is 4.82. The predicted octanol–water partition coefficient (Wildman–Crippen LogP) is 2.07. The van der Waals surface area contributed by atoms with Gasteiger partial charge in [0.1, 0.15) is 4.90 Å². The molecule has 0 aliphatic carbocycles. The van der Waals surface area contributed by atoms with E-state index >= 15 is 0 Å². The Kier molecular flexibility index (Phi) is 2.88. The van der Waals surface area contributed by atoms with Crippen LogP contribution < -0.4 is 5.32 Å². The average Bonchev–Trinajstić information content (AvgIpc) is 3.01. The van der Waals surface area contributed by atoms with E-state index in [0.717, 1.165) is 9.82 Å². The van der Waals surface area contributed by atoms with Crippen LogP contribution in [-0.4, -0.2) is 28.4 Å². The van der Waals surface area contributed by atoms with Crippen molar-refractivity contribution in [2.45, 2.75) is 11.4 Å². The minimum atomic E-state index is -3.90. The van der Waals surface area contributed by atoms with Gasteiger partial charge in [-0.05, 0) is 30.3 Å². The Morgan fingerprint density at radius 3 is 2.74 bits per heavy atom. The molecule has 116 valence electrons. The number of carbonyl (C=O) groups excluding carboxylic acids is 1. The van der Waals surface area contributed by atoms with Crippen LogP contribution >= 0.6 is 0 Å². The number of benzene rings is 1. The SMILES string of the molecule is O=C1Nc2ccccc2S(=O)(=O)N1Cc1cccc2ccnn12. The van der Waals surface area contributed by atoms with Crippen molar-refractivity contribution in [2.24, 2.45) is 0 Å². The molecule has 0 bridgehead atoms. The molecule has 2 aromatic heterocycles. The quantitative estimate of drug-likeness (QED) is 0.780. The fourth-order valence-electron chi connectivity index (χ4n) is 2.63. The Labute approximate surface area is 132 Å². The smallest absolute Gasteiger partial charge is 0.306 e. The average molecular weight is 328 g/mol. The molecule has 23 heavy (non-hydrogen) atoms. The van der Waals surface area contributed by atoms with Gasteiger partial charge < -0.3 is 5.32 Å². The molecule has 3 aromatic rings. The van der Waals surface area contributed by atoms with Crippen LogP contribution in [0.5, 0.6) is 0 Å². The van der Waals surface area contributed by atoms with Gasteiger partial charge in [0.2, 0.25) is 0 Å². The van der Waals surface area contributed by atoms with E-state index < -0.39 is 16.1 Å². The first kappa shape index (κ1) is 13.8. The van der Waals surface area contributed by atoms with E-state index in [-0.39, 0.29) is 11.4 Å². The van der Waals surface area contributed by atoms with Crippen molar-refractivity contribution in [3.8, 4) is 0 Å². The minimum Gasteiger partial charge on any atom is -0.306 e. The lowest BCUT2D eigenvalue weighted by Crippen LogP contribution is -2.43. The molecule has 0 spiro atoms. The zero-order chi connectivity index (χ0) is 16.0. The largest absolute Gasteiger partial charge is 0.336 e.